The molecule has 3 heterocycles. The number of unbranched alkanes of at least 4 members (excludes halogenated alkanes) is 1. The van der Waals surface area contributed by atoms with Gasteiger partial charge in [0.2, 0.25) is 5.79 Å². The normalized spacial score (nSPS) is 34.2. The van der Waals surface area contributed by atoms with Gasteiger partial charge < -0.3 is 14.2 Å². The summed E-state index contributed by atoms with van der Waals surface area (Å²) in [6.07, 6.45) is 6.84. The molecule has 0 amide bonds. The van der Waals surface area contributed by atoms with E-state index in [1.807, 2.05) is 0 Å². The summed E-state index contributed by atoms with van der Waals surface area (Å²) < 4.78 is 19.0. The van der Waals surface area contributed by atoms with Crippen LogP contribution in [0.3, 0.4) is 0 Å². The zero-order valence-electron chi connectivity index (χ0n) is 14.6. The van der Waals surface area contributed by atoms with Crippen molar-refractivity contribution < 1.29 is 14.2 Å². The van der Waals surface area contributed by atoms with Gasteiger partial charge in [-0.1, -0.05) is 45.7 Å². The van der Waals surface area contributed by atoms with E-state index in [0.29, 0.717) is 6.10 Å². The fourth-order valence-corrected chi connectivity index (χ4v) is 4.45. The smallest absolute Gasteiger partial charge is 0.214 e. The number of hydrogen-bond donors (Lipinski definition) is 0. The van der Waals surface area contributed by atoms with E-state index in [4.69, 9.17) is 14.2 Å². The Hall–Kier alpha value is -1.06. The molecule has 3 atom stereocenters. The Kier molecular flexibility index (Phi) is 3.69. The second-order valence-corrected chi connectivity index (χ2v) is 8.27. The standard InChI is InChI=1S/C20H28O3/c1-4-5-8-15-10-14-7-6-9-16-18(14)17(22-15)11-20(23-16)12-19(2,3)13-21-20/h6-7,9,15,17H,4-5,8,10-13H2,1-3H3. The molecule has 3 unspecified atom stereocenters. The summed E-state index contributed by atoms with van der Waals surface area (Å²) in [5.41, 5.74) is 2.86. The van der Waals surface area contributed by atoms with Gasteiger partial charge in [-0.3, -0.25) is 0 Å². The first-order valence-electron chi connectivity index (χ1n) is 9.10. The number of hydrogen-bond acceptors (Lipinski definition) is 3. The molecule has 3 heteroatoms. The van der Waals surface area contributed by atoms with Crippen LogP contribution in [-0.2, 0) is 15.9 Å². The van der Waals surface area contributed by atoms with Crippen LogP contribution in [0.25, 0.3) is 0 Å². The van der Waals surface area contributed by atoms with E-state index in [2.05, 4.69) is 39.0 Å². The third kappa shape index (κ3) is 2.78. The SMILES string of the molecule is CCCCC1Cc2cccc3c2C(CC2(CC(C)(C)CO2)O3)O1. The summed E-state index contributed by atoms with van der Waals surface area (Å²) in [6, 6.07) is 6.44. The fraction of sp³-hybridized carbons (Fsp3) is 0.700. The van der Waals surface area contributed by atoms with Crippen LogP contribution in [0.1, 0.15) is 70.1 Å². The summed E-state index contributed by atoms with van der Waals surface area (Å²) in [5, 5.41) is 0. The van der Waals surface area contributed by atoms with E-state index in [9.17, 15) is 0 Å². The molecular weight excluding hydrogens is 288 g/mol. The second kappa shape index (κ2) is 5.49. The van der Waals surface area contributed by atoms with Crippen molar-refractivity contribution in [2.24, 2.45) is 5.41 Å². The van der Waals surface area contributed by atoms with Crippen LogP contribution in [0.15, 0.2) is 18.2 Å². The summed E-state index contributed by atoms with van der Waals surface area (Å²) in [5.74, 6) is 0.484. The summed E-state index contributed by atoms with van der Waals surface area (Å²) in [4.78, 5) is 0. The molecule has 1 spiro atoms. The Morgan fingerprint density at radius 3 is 2.87 bits per heavy atom. The topological polar surface area (TPSA) is 27.7 Å². The third-order valence-corrected chi connectivity index (χ3v) is 5.43. The van der Waals surface area contributed by atoms with Gasteiger partial charge in [0.1, 0.15) is 5.75 Å². The molecule has 0 saturated carbocycles. The van der Waals surface area contributed by atoms with Gasteiger partial charge >= 0.3 is 0 Å². The predicted molar refractivity (Wildman–Crippen MR) is 89.6 cm³/mol. The summed E-state index contributed by atoms with van der Waals surface area (Å²) in [6.45, 7) is 7.51. The Morgan fingerprint density at radius 1 is 1.26 bits per heavy atom. The van der Waals surface area contributed by atoms with Gasteiger partial charge in [-0.2, -0.15) is 0 Å². The van der Waals surface area contributed by atoms with Crippen LogP contribution in [0.4, 0.5) is 0 Å². The molecule has 126 valence electrons. The molecular formula is C20H28O3. The lowest BCUT2D eigenvalue weighted by molar-refractivity contribution is -0.197. The Balaban J connectivity index is 1.64. The van der Waals surface area contributed by atoms with Gasteiger partial charge in [0, 0.05) is 18.4 Å². The number of ether oxygens (including phenoxy) is 3. The highest BCUT2D eigenvalue weighted by Gasteiger charge is 2.52. The van der Waals surface area contributed by atoms with Crippen LogP contribution >= 0.6 is 0 Å². The highest BCUT2D eigenvalue weighted by molar-refractivity contribution is 5.45. The van der Waals surface area contributed by atoms with E-state index >= 15 is 0 Å². The molecule has 0 aromatic heterocycles. The molecule has 0 N–H and O–H groups in total. The van der Waals surface area contributed by atoms with Crippen LogP contribution in [0, 0.1) is 5.41 Å². The minimum absolute atomic E-state index is 0.124. The molecule has 3 nitrogen and oxygen atoms in total. The molecule has 4 rings (SSSR count). The van der Waals surface area contributed by atoms with E-state index in [1.54, 1.807) is 0 Å². The Morgan fingerprint density at radius 2 is 2.13 bits per heavy atom. The van der Waals surface area contributed by atoms with Gasteiger partial charge in [-0.05, 0) is 29.9 Å². The Labute approximate surface area is 139 Å². The minimum Gasteiger partial charge on any atom is -0.462 e. The second-order valence-electron chi connectivity index (χ2n) is 8.27. The van der Waals surface area contributed by atoms with Crippen molar-refractivity contribution in [2.75, 3.05) is 6.61 Å². The molecule has 1 aromatic rings. The van der Waals surface area contributed by atoms with Crippen molar-refractivity contribution in [1.82, 2.24) is 0 Å². The largest absolute Gasteiger partial charge is 0.462 e. The maximum absolute atomic E-state index is 6.49. The van der Waals surface area contributed by atoms with Crippen molar-refractivity contribution in [3.05, 3.63) is 29.3 Å². The van der Waals surface area contributed by atoms with Crippen LogP contribution in [0.2, 0.25) is 0 Å². The first-order chi connectivity index (χ1) is 11.0. The van der Waals surface area contributed by atoms with Crippen LogP contribution < -0.4 is 4.74 Å². The summed E-state index contributed by atoms with van der Waals surface area (Å²) in [7, 11) is 0. The maximum atomic E-state index is 6.49. The monoisotopic (exact) mass is 316 g/mol. The molecule has 1 aromatic carbocycles. The molecule has 0 radical (unpaired) electrons. The third-order valence-electron chi connectivity index (χ3n) is 5.43. The van der Waals surface area contributed by atoms with E-state index in [0.717, 1.165) is 38.0 Å². The van der Waals surface area contributed by atoms with Gasteiger partial charge in [0.25, 0.3) is 0 Å². The Bertz CT molecular complexity index is 595. The van der Waals surface area contributed by atoms with E-state index < -0.39 is 5.79 Å². The van der Waals surface area contributed by atoms with Gasteiger partial charge in [-0.15, -0.1) is 0 Å². The van der Waals surface area contributed by atoms with Crippen LogP contribution in [-0.4, -0.2) is 18.5 Å². The average molecular weight is 316 g/mol. The predicted octanol–water partition coefficient (Wildman–Crippen LogP) is 4.78. The zero-order chi connectivity index (χ0) is 16.1. The quantitative estimate of drug-likeness (QED) is 0.803. The lowest BCUT2D eigenvalue weighted by Gasteiger charge is -2.43. The molecule has 23 heavy (non-hydrogen) atoms. The lowest BCUT2D eigenvalue weighted by Crippen LogP contribution is -2.44. The average Bonchev–Trinajstić information content (AvgIpc) is 2.79. The molecule has 3 aliphatic rings. The zero-order valence-corrected chi connectivity index (χ0v) is 14.6. The van der Waals surface area contributed by atoms with E-state index in [1.165, 1.54) is 24.0 Å². The first-order valence-corrected chi connectivity index (χ1v) is 9.10. The van der Waals surface area contributed by atoms with Gasteiger partial charge in [-0.25, -0.2) is 0 Å². The first kappa shape index (κ1) is 15.5. The van der Waals surface area contributed by atoms with E-state index in [-0.39, 0.29) is 11.5 Å². The maximum Gasteiger partial charge on any atom is 0.214 e. The highest BCUT2D eigenvalue weighted by Crippen LogP contribution is 2.52. The number of rotatable bonds is 3. The van der Waals surface area contributed by atoms with Crippen molar-refractivity contribution in [2.45, 2.75) is 77.3 Å². The number of benzene rings is 1. The molecule has 0 bridgehead atoms. The fourth-order valence-electron chi connectivity index (χ4n) is 4.45. The van der Waals surface area contributed by atoms with Crippen molar-refractivity contribution >= 4 is 0 Å². The van der Waals surface area contributed by atoms with Crippen LogP contribution in [0.5, 0.6) is 5.75 Å². The van der Waals surface area contributed by atoms with Gasteiger partial charge in [0.05, 0.1) is 18.8 Å². The molecule has 1 saturated heterocycles. The summed E-state index contributed by atoms with van der Waals surface area (Å²) >= 11 is 0. The highest BCUT2D eigenvalue weighted by atomic mass is 16.7. The van der Waals surface area contributed by atoms with Crippen molar-refractivity contribution in [3.8, 4) is 5.75 Å². The van der Waals surface area contributed by atoms with Crippen molar-refractivity contribution in [1.29, 1.82) is 0 Å². The minimum atomic E-state index is -0.494. The molecule has 3 aliphatic heterocycles. The molecule has 0 aliphatic carbocycles. The lowest BCUT2D eigenvalue weighted by atomic mass is 9.82. The van der Waals surface area contributed by atoms with Crippen molar-refractivity contribution in [3.63, 3.8) is 0 Å². The van der Waals surface area contributed by atoms with Gasteiger partial charge in [0.15, 0.2) is 0 Å². The molecule has 1 fully saturated rings.